The lowest BCUT2D eigenvalue weighted by molar-refractivity contribution is 0.187. The topological polar surface area (TPSA) is 56.7 Å². The van der Waals surface area contributed by atoms with Gasteiger partial charge in [-0.1, -0.05) is 23.2 Å². The normalized spacial score (nSPS) is 11.2. The number of nitrogens with one attached hydrogen (secondary N) is 2. The van der Waals surface area contributed by atoms with Crippen LogP contribution >= 0.6 is 47.2 Å². The number of halogens is 3. The van der Waals surface area contributed by atoms with Gasteiger partial charge in [0.15, 0.2) is 5.96 Å². The van der Waals surface area contributed by atoms with Gasteiger partial charge in [0.25, 0.3) is 0 Å². The van der Waals surface area contributed by atoms with Crippen LogP contribution in [-0.4, -0.2) is 30.7 Å². The molecule has 0 aliphatic heterocycles. The Bertz CT molecular complexity index is 415. The third-order valence-corrected chi connectivity index (χ3v) is 2.82. The van der Waals surface area contributed by atoms with Gasteiger partial charge in [-0.25, -0.2) is 0 Å². The average molecular weight is 432 g/mol. The minimum Gasteiger partial charge on any atom is -0.386 e. The lowest BCUT2D eigenvalue weighted by atomic mass is 10.1. The molecule has 0 heterocycles. The van der Waals surface area contributed by atoms with E-state index < -0.39 is 6.10 Å². The Hall–Kier alpha value is -0.240. The fourth-order valence-electron chi connectivity index (χ4n) is 1.56. The molecule has 0 fully saturated rings. The van der Waals surface area contributed by atoms with Crippen LogP contribution in [0.5, 0.6) is 0 Å². The Balaban J connectivity index is 0.00000361. The van der Waals surface area contributed by atoms with Crippen molar-refractivity contribution in [1.29, 1.82) is 0 Å². The highest BCUT2D eigenvalue weighted by atomic mass is 127. The van der Waals surface area contributed by atoms with Crippen LogP contribution in [0.15, 0.2) is 23.2 Å². The molecule has 1 atom stereocenters. The first-order valence-electron chi connectivity index (χ1n) is 6.23. The van der Waals surface area contributed by atoms with E-state index in [1.54, 1.807) is 18.2 Å². The molecule has 114 valence electrons. The Labute approximate surface area is 147 Å². The summed E-state index contributed by atoms with van der Waals surface area (Å²) < 4.78 is 0. The maximum Gasteiger partial charge on any atom is 0.191 e. The minimum atomic E-state index is -0.733. The molecule has 0 bridgehead atoms. The van der Waals surface area contributed by atoms with Crippen LogP contribution in [0, 0.1) is 0 Å². The summed E-state index contributed by atoms with van der Waals surface area (Å²) in [6, 6.07) is 5.01. The van der Waals surface area contributed by atoms with Gasteiger partial charge >= 0.3 is 0 Å². The van der Waals surface area contributed by atoms with Crippen LogP contribution in [-0.2, 0) is 0 Å². The van der Waals surface area contributed by atoms with E-state index in [0.717, 1.165) is 13.1 Å². The molecule has 0 aliphatic carbocycles. The van der Waals surface area contributed by atoms with Gasteiger partial charge in [-0.05, 0) is 37.6 Å². The third-order valence-electron chi connectivity index (χ3n) is 2.38. The molecule has 20 heavy (non-hydrogen) atoms. The molecular formula is C13H20Cl2IN3O. The molecule has 1 rings (SSSR count). The first kappa shape index (κ1) is 19.8. The summed E-state index contributed by atoms with van der Waals surface area (Å²) in [5.41, 5.74) is 0.661. The number of hydrogen-bond donors (Lipinski definition) is 3. The lowest BCUT2D eigenvalue weighted by Crippen LogP contribution is -2.37. The van der Waals surface area contributed by atoms with Crippen molar-refractivity contribution in [2.75, 3.05) is 19.6 Å². The maximum atomic E-state index is 10.1. The Morgan fingerprint density at radius 3 is 2.10 bits per heavy atom. The van der Waals surface area contributed by atoms with Gasteiger partial charge in [0.2, 0.25) is 0 Å². The second-order valence-electron chi connectivity index (χ2n) is 3.97. The van der Waals surface area contributed by atoms with E-state index in [1.807, 2.05) is 13.8 Å². The largest absolute Gasteiger partial charge is 0.386 e. The van der Waals surface area contributed by atoms with Gasteiger partial charge in [0.1, 0.15) is 0 Å². The summed E-state index contributed by atoms with van der Waals surface area (Å²) in [7, 11) is 0. The Kier molecular flexibility index (Phi) is 10.4. The van der Waals surface area contributed by atoms with Crippen molar-refractivity contribution in [3.8, 4) is 0 Å². The summed E-state index contributed by atoms with van der Waals surface area (Å²) in [4.78, 5) is 4.30. The second-order valence-corrected chi connectivity index (χ2v) is 4.84. The highest BCUT2D eigenvalue weighted by Gasteiger charge is 2.09. The van der Waals surface area contributed by atoms with Crippen LogP contribution in [0.2, 0.25) is 10.0 Å². The zero-order valence-corrected chi connectivity index (χ0v) is 15.3. The standard InChI is InChI=1S/C13H19Cl2N3O.HI/c1-3-16-13(17-4-2)18-8-12(19)9-5-10(14)7-11(15)6-9;/h5-7,12,19H,3-4,8H2,1-2H3,(H2,16,17,18);1H. The Morgan fingerprint density at radius 2 is 1.65 bits per heavy atom. The van der Waals surface area contributed by atoms with E-state index in [0.29, 0.717) is 21.6 Å². The maximum absolute atomic E-state index is 10.1. The number of guanidine groups is 1. The molecule has 0 aliphatic rings. The van der Waals surface area contributed by atoms with Crippen LogP contribution in [0.25, 0.3) is 0 Å². The number of aliphatic hydroxyl groups excluding tert-OH is 1. The zero-order valence-electron chi connectivity index (χ0n) is 11.5. The van der Waals surface area contributed by atoms with E-state index in [9.17, 15) is 5.11 Å². The molecule has 0 spiro atoms. The molecule has 0 saturated heterocycles. The lowest BCUT2D eigenvalue weighted by Gasteiger charge is -2.12. The molecular weight excluding hydrogens is 412 g/mol. The summed E-state index contributed by atoms with van der Waals surface area (Å²) >= 11 is 11.8. The highest BCUT2D eigenvalue weighted by molar-refractivity contribution is 14.0. The number of aliphatic imine (C=N–C) groups is 1. The number of benzene rings is 1. The number of aliphatic hydroxyl groups is 1. The predicted molar refractivity (Wildman–Crippen MR) is 96.5 cm³/mol. The van der Waals surface area contributed by atoms with Gasteiger partial charge < -0.3 is 15.7 Å². The molecule has 0 saturated carbocycles. The van der Waals surface area contributed by atoms with E-state index in [4.69, 9.17) is 23.2 Å². The zero-order chi connectivity index (χ0) is 14.3. The van der Waals surface area contributed by atoms with Crippen molar-refractivity contribution in [1.82, 2.24) is 10.6 Å². The summed E-state index contributed by atoms with van der Waals surface area (Å²) in [5, 5.41) is 17.3. The average Bonchev–Trinajstić information content (AvgIpc) is 2.35. The second kappa shape index (κ2) is 10.5. The first-order chi connectivity index (χ1) is 9.06. The molecule has 0 aromatic heterocycles. The van der Waals surface area contributed by atoms with Gasteiger partial charge in [-0.3, -0.25) is 4.99 Å². The SMILES string of the molecule is CCNC(=NCC(O)c1cc(Cl)cc(Cl)c1)NCC.I. The van der Waals surface area contributed by atoms with Crippen molar-refractivity contribution in [3.05, 3.63) is 33.8 Å². The molecule has 1 aromatic rings. The van der Waals surface area contributed by atoms with Crippen LogP contribution in [0.3, 0.4) is 0 Å². The molecule has 4 nitrogen and oxygen atoms in total. The van der Waals surface area contributed by atoms with Crippen LogP contribution < -0.4 is 10.6 Å². The van der Waals surface area contributed by atoms with Crippen molar-refractivity contribution in [2.24, 2.45) is 4.99 Å². The van der Waals surface area contributed by atoms with E-state index in [2.05, 4.69) is 15.6 Å². The van der Waals surface area contributed by atoms with Crippen molar-refractivity contribution >= 4 is 53.1 Å². The van der Waals surface area contributed by atoms with Gasteiger partial charge in [-0.2, -0.15) is 0 Å². The summed E-state index contributed by atoms with van der Waals surface area (Å²) in [6.07, 6.45) is -0.733. The molecule has 0 radical (unpaired) electrons. The van der Waals surface area contributed by atoms with Crippen molar-refractivity contribution in [2.45, 2.75) is 20.0 Å². The Morgan fingerprint density at radius 1 is 1.15 bits per heavy atom. The predicted octanol–water partition coefficient (Wildman–Crippen LogP) is 3.22. The number of rotatable bonds is 5. The number of hydrogen-bond acceptors (Lipinski definition) is 2. The fourth-order valence-corrected chi connectivity index (χ4v) is 2.10. The highest BCUT2D eigenvalue weighted by Crippen LogP contribution is 2.23. The minimum absolute atomic E-state index is 0. The van der Waals surface area contributed by atoms with Crippen molar-refractivity contribution < 1.29 is 5.11 Å². The molecule has 1 aromatic carbocycles. The first-order valence-corrected chi connectivity index (χ1v) is 6.98. The smallest absolute Gasteiger partial charge is 0.191 e. The quantitative estimate of drug-likeness (QED) is 0.381. The fraction of sp³-hybridized carbons (Fsp3) is 0.462. The summed E-state index contributed by atoms with van der Waals surface area (Å²) in [5.74, 6) is 0.678. The van der Waals surface area contributed by atoms with Crippen LogP contribution in [0.4, 0.5) is 0 Å². The van der Waals surface area contributed by atoms with Gasteiger partial charge in [-0.15, -0.1) is 24.0 Å². The van der Waals surface area contributed by atoms with Gasteiger partial charge in [0, 0.05) is 23.1 Å². The van der Waals surface area contributed by atoms with E-state index in [1.165, 1.54) is 0 Å². The van der Waals surface area contributed by atoms with Gasteiger partial charge in [0.05, 0.1) is 12.6 Å². The van der Waals surface area contributed by atoms with E-state index >= 15 is 0 Å². The van der Waals surface area contributed by atoms with Crippen molar-refractivity contribution in [3.63, 3.8) is 0 Å². The monoisotopic (exact) mass is 431 g/mol. The molecule has 7 heteroatoms. The molecule has 3 N–H and O–H groups in total. The molecule has 1 unspecified atom stereocenters. The third kappa shape index (κ3) is 6.97. The molecule has 0 amide bonds. The number of nitrogens with zero attached hydrogens (tertiary/aromatic N) is 1. The van der Waals surface area contributed by atoms with Crippen LogP contribution in [0.1, 0.15) is 25.5 Å². The van der Waals surface area contributed by atoms with E-state index in [-0.39, 0.29) is 30.5 Å². The summed E-state index contributed by atoms with van der Waals surface area (Å²) in [6.45, 7) is 5.75.